The highest BCUT2D eigenvalue weighted by atomic mass is 19.1. The Labute approximate surface area is 111 Å². The van der Waals surface area contributed by atoms with E-state index in [2.05, 4.69) is 25.9 Å². The van der Waals surface area contributed by atoms with Gasteiger partial charge in [-0.05, 0) is 23.4 Å². The van der Waals surface area contributed by atoms with Crippen LogP contribution in [0.3, 0.4) is 0 Å². The molecule has 0 bridgehead atoms. The van der Waals surface area contributed by atoms with Crippen molar-refractivity contribution in [3.8, 4) is 11.4 Å². The van der Waals surface area contributed by atoms with Crippen molar-refractivity contribution in [3.63, 3.8) is 0 Å². The fourth-order valence-electron chi connectivity index (χ4n) is 1.88. The zero-order valence-electron chi connectivity index (χ0n) is 9.87. The number of carbonyl (C=O) groups is 2. The molecule has 102 valence electrons. The lowest BCUT2D eigenvalue weighted by Gasteiger charge is -2.30. The molecule has 20 heavy (non-hydrogen) atoms. The molecule has 8 nitrogen and oxygen atoms in total. The maximum Gasteiger partial charge on any atom is 0.231 e. The van der Waals surface area contributed by atoms with Gasteiger partial charge in [0.05, 0.1) is 5.56 Å². The minimum absolute atomic E-state index is 0.0581. The van der Waals surface area contributed by atoms with Crippen LogP contribution < -0.4 is 5.32 Å². The molecular formula is C11H8FN5O3. The van der Waals surface area contributed by atoms with Gasteiger partial charge in [-0.2, -0.15) is 5.21 Å². The molecule has 0 aliphatic heterocycles. The number of ketones is 2. The van der Waals surface area contributed by atoms with Crippen LogP contribution in [0.15, 0.2) is 18.2 Å². The number of halogens is 1. The highest BCUT2D eigenvalue weighted by Crippen LogP contribution is 2.25. The molecule has 1 heterocycles. The third-order valence-corrected chi connectivity index (χ3v) is 2.98. The lowest BCUT2D eigenvalue weighted by atomic mass is 9.85. The van der Waals surface area contributed by atoms with Crippen molar-refractivity contribution in [2.75, 3.05) is 5.32 Å². The first-order chi connectivity index (χ1) is 9.58. The number of benzene rings is 1. The van der Waals surface area contributed by atoms with Gasteiger partial charge >= 0.3 is 0 Å². The van der Waals surface area contributed by atoms with Crippen LogP contribution in [-0.4, -0.2) is 49.4 Å². The molecule has 2 atom stereocenters. The Morgan fingerprint density at radius 1 is 1.30 bits per heavy atom. The third-order valence-electron chi connectivity index (χ3n) is 2.98. The molecular weight excluding hydrogens is 269 g/mol. The Hall–Kier alpha value is -2.68. The number of H-pyrrole nitrogens is 1. The highest BCUT2D eigenvalue weighted by Gasteiger charge is 2.48. The number of hydrogen-bond acceptors (Lipinski definition) is 7. The summed E-state index contributed by atoms with van der Waals surface area (Å²) in [5.41, 5.74) is 0.437. The Balaban J connectivity index is 1.87. The second-order valence-electron chi connectivity index (χ2n) is 4.23. The molecule has 3 N–H and O–H groups in total. The summed E-state index contributed by atoms with van der Waals surface area (Å²) in [7, 11) is 0. The molecule has 1 aliphatic rings. The van der Waals surface area contributed by atoms with E-state index in [1.54, 1.807) is 0 Å². The van der Waals surface area contributed by atoms with Crippen molar-refractivity contribution in [1.29, 1.82) is 0 Å². The third kappa shape index (κ3) is 1.84. The predicted molar refractivity (Wildman–Crippen MR) is 63.0 cm³/mol. The number of Topliss-reactive ketones (excluding diaryl/α,β-unsaturated/α-hetero) is 2. The lowest BCUT2D eigenvalue weighted by Crippen LogP contribution is -2.61. The van der Waals surface area contributed by atoms with Crippen LogP contribution in [0.4, 0.5) is 10.1 Å². The van der Waals surface area contributed by atoms with E-state index in [0.717, 1.165) is 6.07 Å². The van der Waals surface area contributed by atoms with Crippen molar-refractivity contribution >= 4 is 17.3 Å². The SMILES string of the molecule is O=C1C(=O)C(Nc2ccc(F)c(-c3nn[nH]n3)c2)C1O. The first kappa shape index (κ1) is 12.4. The predicted octanol–water partition coefficient (Wildman–Crippen LogP) is -0.701. The van der Waals surface area contributed by atoms with Gasteiger partial charge in [0.2, 0.25) is 17.4 Å². The van der Waals surface area contributed by atoms with Gasteiger partial charge < -0.3 is 10.4 Å². The average molecular weight is 277 g/mol. The molecule has 2 aromatic rings. The van der Waals surface area contributed by atoms with Crippen LogP contribution in [0.5, 0.6) is 0 Å². The maximum absolute atomic E-state index is 13.7. The Morgan fingerprint density at radius 3 is 2.75 bits per heavy atom. The van der Waals surface area contributed by atoms with Crippen LogP contribution >= 0.6 is 0 Å². The van der Waals surface area contributed by atoms with Gasteiger partial charge in [0.25, 0.3) is 0 Å². The van der Waals surface area contributed by atoms with Gasteiger partial charge in [0.1, 0.15) is 18.0 Å². The van der Waals surface area contributed by atoms with Crippen molar-refractivity contribution in [2.45, 2.75) is 12.1 Å². The van der Waals surface area contributed by atoms with Crippen LogP contribution in [0.25, 0.3) is 11.4 Å². The Kier molecular flexibility index (Phi) is 2.75. The molecule has 1 aliphatic carbocycles. The monoisotopic (exact) mass is 277 g/mol. The van der Waals surface area contributed by atoms with Gasteiger partial charge in [0, 0.05) is 5.69 Å². The van der Waals surface area contributed by atoms with Crippen molar-refractivity contribution in [1.82, 2.24) is 20.6 Å². The number of aromatic nitrogens is 4. The molecule has 2 unspecified atom stereocenters. The number of nitrogens with zero attached hydrogens (tertiary/aromatic N) is 3. The molecule has 1 aromatic carbocycles. The van der Waals surface area contributed by atoms with Crippen molar-refractivity contribution in [2.24, 2.45) is 0 Å². The molecule has 1 aromatic heterocycles. The summed E-state index contributed by atoms with van der Waals surface area (Å²) in [6.07, 6.45) is -1.37. The quantitative estimate of drug-likeness (QED) is 0.634. The summed E-state index contributed by atoms with van der Waals surface area (Å²) < 4.78 is 13.7. The second kappa shape index (κ2) is 4.46. The zero-order chi connectivity index (χ0) is 14.3. The molecule has 1 fully saturated rings. The highest BCUT2D eigenvalue weighted by molar-refractivity contribution is 6.49. The minimum Gasteiger partial charge on any atom is -0.382 e. The Morgan fingerprint density at radius 2 is 2.10 bits per heavy atom. The van der Waals surface area contributed by atoms with E-state index in [-0.39, 0.29) is 11.4 Å². The largest absolute Gasteiger partial charge is 0.382 e. The van der Waals surface area contributed by atoms with Gasteiger partial charge in [-0.3, -0.25) is 9.59 Å². The van der Waals surface area contributed by atoms with E-state index in [4.69, 9.17) is 0 Å². The fourth-order valence-corrected chi connectivity index (χ4v) is 1.88. The zero-order valence-corrected chi connectivity index (χ0v) is 9.87. The van der Waals surface area contributed by atoms with Crippen molar-refractivity contribution in [3.05, 3.63) is 24.0 Å². The lowest BCUT2D eigenvalue weighted by molar-refractivity contribution is -0.152. The van der Waals surface area contributed by atoms with Crippen LogP contribution in [0.1, 0.15) is 0 Å². The van der Waals surface area contributed by atoms with Crippen molar-refractivity contribution < 1.29 is 19.1 Å². The van der Waals surface area contributed by atoms with Gasteiger partial charge in [-0.15, -0.1) is 10.2 Å². The first-order valence-corrected chi connectivity index (χ1v) is 5.64. The summed E-state index contributed by atoms with van der Waals surface area (Å²) in [6.45, 7) is 0. The smallest absolute Gasteiger partial charge is 0.231 e. The number of aliphatic hydroxyl groups is 1. The topological polar surface area (TPSA) is 121 Å². The normalized spacial score (nSPS) is 21.7. The molecule has 9 heteroatoms. The molecule has 0 spiro atoms. The Bertz CT molecular complexity index is 687. The summed E-state index contributed by atoms with van der Waals surface area (Å²) in [6, 6.07) is 2.89. The van der Waals surface area contributed by atoms with Gasteiger partial charge in [0.15, 0.2) is 0 Å². The minimum atomic E-state index is -1.37. The molecule has 3 rings (SSSR count). The number of hydrogen-bond donors (Lipinski definition) is 3. The van der Waals surface area contributed by atoms with E-state index in [0.29, 0.717) is 5.69 Å². The summed E-state index contributed by atoms with van der Waals surface area (Å²) >= 11 is 0. The molecule has 0 radical (unpaired) electrons. The van der Waals surface area contributed by atoms with Crippen LogP contribution in [0, 0.1) is 5.82 Å². The summed E-state index contributed by atoms with van der Waals surface area (Å²) in [4.78, 5) is 22.2. The number of aromatic amines is 1. The number of nitrogens with one attached hydrogen (secondary N) is 2. The second-order valence-corrected chi connectivity index (χ2v) is 4.23. The van der Waals surface area contributed by atoms with E-state index in [1.165, 1.54) is 12.1 Å². The molecule has 0 amide bonds. The van der Waals surface area contributed by atoms with E-state index >= 15 is 0 Å². The van der Waals surface area contributed by atoms with Gasteiger partial charge in [-0.1, -0.05) is 0 Å². The number of carbonyl (C=O) groups excluding carboxylic acids is 2. The fraction of sp³-hybridized carbons (Fsp3) is 0.182. The van der Waals surface area contributed by atoms with E-state index in [9.17, 15) is 19.1 Å². The molecule has 1 saturated carbocycles. The molecule has 0 saturated heterocycles. The number of aliphatic hydroxyl groups excluding tert-OH is 1. The number of rotatable bonds is 3. The maximum atomic E-state index is 13.7. The number of tetrazole rings is 1. The van der Waals surface area contributed by atoms with Gasteiger partial charge in [-0.25, -0.2) is 4.39 Å². The van der Waals surface area contributed by atoms with Crippen LogP contribution in [-0.2, 0) is 9.59 Å². The van der Waals surface area contributed by atoms with E-state index in [1.807, 2.05) is 0 Å². The standard InChI is InChI=1S/C11H8FN5O3/c12-6-2-1-4(3-5(6)11-14-16-17-15-11)13-7-8(18)10(20)9(7)19/h1-3,7-8,13,18H,(H,14,15,16,17). The van der Waals surface area contributed by atoms with E-state index < -0.39 is 29.5 Å². The summed E-state index contributed by atoms with van der Waals surface area (Å²) in [5, 5.41) is 24.9. The number of anilines is 1. The summed E-state index contributed by atoms with van der Waals surface area (Å²) in [5.74, 6) is -2.04. The van der Waals surface area contributed by atoms with Crippen LogP contribution in [0.2, 0.25) is 0 Å². The average Bonchev–Trinajstić information content (AvgIpc) is 2.99. The first-order valence-electron chi connectivity index (χ1n) is 5.64.